The van der Waals surface area contributed by atoms with E-state index in [4.69, 9.17) is 4.42 Å². The second-order valence-electron chi connectivity index (χ2n) is 9.25. The van der Waals surface area contributed by atoms with E-state index in [9.17, 15) is 13.2 Å². The molecular formula is C23H32N2O4S. The van der Waals surface area contributed by atoms with Crippen LogP contribution < -0.4 is 5.32 Å². The molecule has 7 heteroatoms. The Morgan fingerprint density at radius 2 is 1.63 bits per heavy atom. The highest BCUT2D eigenvalue weighted by molar-refractivity contribution is 7.89. The van der Waals surface area contributed by atoms with Gasteiger partial charge in [-0.25, -0.2) is 8.42 Å². The number of furan rings is 1. The molecule has 1 aliphatic heterocycles. The van der Waals surface area contributed by atoms with Crippen molar-refractivity contribution in [1.82, 2.24) is 9.62 Å². The van der Waals surface area contributed by atoms with Gasteiger partial charge in [-0.1, -0.05) is 32.9 Å². The van der Waals surface area contributed by atoms with E-state index in [-0.39, 0.29) is 23.1 Å². The fourth-order valence-corrected chi connectivity index (χ4v) is 5.85. The van der Waals surface area contributed by atoms with Crippen LogP contribution in [0.15, 0.2) is 33.6 Å². The van der Waals surface area contributed by atoms with E-state index in [0.717, 1.165) is 16.7 Å². The number of aryl methyl sites for hydroxylation is 3. The number of rotatable bonds is 4. The lowest BCUT2D eigenvalue weighted by molar-refractivity contribution is 0.0894. The average molecular weight is 433 g/mol. The smallest absolute Gasteiger partial charge is 0.287 e. The molecule has 2 heterocycles. The van der Waals surface area contributed by atoms with Crippen LogP contribution in [-0.2, 0) is 15.4 Å². The normalized spacial score (nSPS) is 16.6. The average Bonchev–Trinajstić information content (AvgIpc) is 3.07. The molecule has 0 unspecified atom stereocenters. The van der Waals surface area contributed by atoms with E-state index < -0.39 is 10.0 Å². The lowest BCUT2D eigenvalue weighted by Gasteiger charge is -2.32. The lowest BCUT2D eigenvalue weighted by Crippen LogP contribution is -2.46. The fraction of sp³-hybridized carbons (Fsp3) is 0.522. The molecular weight excluding hydrogens is 400 g/mol. The molecule has 1 saturated heterocycles. The number of sulfonamides is 1. The third kappa shape index (κ3) is 4.62. The lowest BCUT2D eigenvalue weighted by atomic mass is 9.85. The van der Waals surface area contributed by atoms with Crippen molar-refractivity contribution in [1.29, 1.82) is 0 Å². The number of nitrogens with zero attached hydrogens (tertiary/aromatic N) is 1. The standard InChI is InChI=1S/C23H32N2O4S/c1-15-13-18(23(4,5)6)14-16(2)21(15)30(27,28)25-11-9-19(10-12-25)24-22(26)20-8-7-17(3)29-20/h7-8,13-14,19H,9-12H2,1-6H3,(H,24,26). The Hall–Kier alpha value is -2.12. The predicted octanol–water partition coefficient (Wildman–Crippen LogP) is 4.09. The summed E-state index contributed by atoms with van der Waals surface area (Å²) in [6.07, 6.45) is 1.14. The number of carbonyl (C=O) groups is 1. The first kappa shape index (κ1) is 22.6. The van der Waals surface area contributed by atoms with Gasteiger partial charge in [0.05, 0.1) is 4.90 Å². The summed E-state index contributed by atoms with van der Waals surface area (Å²) in [6, 6.07) is 7.30. The Morgan fingerprint density at radius 1 is 1.07 bits per heavy atom. The number of hydrogen-bond acceptors (Lipinski definition) is 4. The highest BCUT2D eigenvalue weighted by Crippen LogP contribution is 2.31. The van der Waals surface area contributed by atoms with Gasteiger partial charge in [0, 0.05) is 19.1 Å². The second-order valence-corrected chi connectivity index (χ2v) is 11.1. The molecule has 1 aliphatic rings. The van der Waals surface area contributed by atoms with Crippen molar-refractivity contribution in [2.75, 3.05) is 13.1 Å². The summed E-state index contributed by atoms with van der Waals surface area (Å²) in [5.74, 6) is 0.714. The molecule has 0 saturated carbocycles. The Bertz CT molecular complexity index is 1020. The number of amides is 1. The predicted molar refractivity (Wildman–Crippen MR) is 117 cm³/mol. The summed E-state index contributed by atoms with van der Waals surface area (Å²) in [6.45, 7) is 12.7. The number of carbonyl (C=O) groups excluding carboxylic acids is 1. The highest BCUT2D eigenvalue weighted by Gasteiger charge is 2.33. The SMILES string of the molecule is Cc1ccc(C(=O)NC2CCN(S(=O)(=O)c3c(C)cc(C(C)(C)C)cc3C)CC2)o1. The minimum absolute atomic E-state index is 0.0408. The number of benzene rings is 1. The second kappa shape index (κ2) is 8.19. The van der Waals surface area contributed by atoms with Gasteiger partial charge in [-0.15, -0.1) is 0 Å². The van der Waals surface area contributed by atoms with Gasteiger partial charge in [-0.05, 0) is 67.9 Å². The first-order valence-corrected chi connectivity index (χ1v) is 11.8. The van der Waals surface area contributed by atoms with Crippen LogP contribution in [0.5, 0.6) is 0 Å². The molecule has 1 fully saturated rings. The summed E-state index contributed by atoms with van der Waals surface area (Å²) >= 11 is 0. The third-order valence-electron chi connectivity index (χ3n) is 5.68. The molecule has 6 nitrogen and oxygen atoms in total. The van der Waals surface area contributed by atoms with Gasteiger partial charge < -0.3 is 9.73 Å². The maximum Gasteiger partial charge on any atom is 0.287 e. The van der Waals surface area contributed by atoms with Crippen molar-refractivity contribution in [3.8, 4) is 0 Å². The van der Waals surface area contributed by atoms with Crippen LogP contribution in [0.2, 0.25) is 0 Å². The maximum atomic E-state index is 13.4. The first-order valence-electron chi connectivity index (χ1n) is 10.4. The molecule has 1 N–H and O–H groups in total. The Kier molecular flexibility index (Phi) is 6.16. The number of nitrogens with one attached hydrogen (secondary N) is 1. The zero-order valence-electron chi connectivity index (χ0n) is 18.7. The molecule has 30 heavy (non-hydrogen) atoms. The molecule has 0 atom stereocenters. The van der Waals surface area contributed by atoms with Crippen molar-refractivity contribution in [2.24, 2.45) is 0 Å². The maximum absolute atomic E-state index is 13.4. The van der Waals surface area contributed by atoms with Crippen molar-refractivity contribution < 1.29 is 17.6 Å². The zero-order valence-corrected chi connectivity index (χ0v) is 19.5. The highest BCUT2D eigenvalue weighted by atomic mass is 32.2. The van der Waals surface area contributed by atoms with Crippen LogP contribution in [0, 0.1) is 20.8 Å². The van der Waals surface area contributed by atoms with Crippen molar-refractivity contribution in [2.45, 2.75) is 70.7 Å². The molecule has 164 valence electrons. The molecule has 1 amide bonds. The topological polar surface area (TPSA) is 79.6 Å². The molecule has 0 spiro atoms. The van der Waals surface area contributed by atoms with Crippen LogP contribution in [0.3, 0.4) is 0 Å². The molecule has 0 aliphatic carbocycles. The fourth-order valence-electron chi connectivity index (χ4n) is 3.97. The molecule has 2 aromatic rings. The summed E-state index contributed by atoms with van der Waals surface area (Å²) in [5.41, 5.74) is 2.65. The minimum Gasteiger partial charge on any atom is -0.456 e. The van der Waals surface area contributed by atoms with Gasteiger partial charge in [-0.2, -0.15) is 4.31 Å². The van der Waals surface area contributed by atoms with Crippen LogP contribution in [-0.4, -0.2) is 37.8 Å². The van der Waals surface area contributed by atoms with E-state index >= 15 is 0 Å². The number of piperidine rings is 1. The van der Waals surface area contributed by atoms with Crippen LogP contribution in [0.4, 0.5) is 0 Å². The van der Waals surface area contributed by atoms with Crippen molar-refractivity contribution in [3.05, 3.63) is 52.5 Å². The van der Waals surface area contributed by atoms with Crippen LogP contribution >= 0.6 is 0 Å². The summed E-state index contributed by atoms with van der Waals surface area (Å²) in [5, 5.41) is 2.95. The molecule has 1 aromatic heterocycles. The van der Waals surface area contributed by atoms with Crippen molar-refractivity contribution in [3.63, 3.8) is 0 Å². The largest absolute Gasteiger partial charge is 0.456 e. The van der Waals surface area contributed by atoms with E-state index in [1.165, 1.54) is 0 Å². The van der Waals surface area contributed by atoms with E-state index in [1.54, 1.807) is 23.4 Å². The van der Waals surface area contributed by atoms with Gasteiger partial charge in [0.15, 0.2) is 5.76 Å². The first-order chi connectivity index (χ1) is 13.9. The minimum atomic E-state index is -3.58. The summed E-state index contributed by atoms with van der Waals surface area (Å²) in [7, 11) is -3.58. The van der Waals surface area contributed by atoms with E-state index in [2.05, 4.69) is 26.1 Å². The third-order valence-corrected chi connectivity index (χ3v) is 7.88. The van der Waals surface area contributed by atoms with Crippen molar-refractivity contribution >= 4 is 15.9 Å². The van der Waals surface area contributed by atoms with Gasteiger partial charge in [-0.3, -0.25) is 4.79 Å². The molecule has 0 radical (unpaired) electrons. The molecule has 3 rings (SSSR count). The van der Waals surface area contributed by atoms with E-state index in [1.807, 2.05) is 26.0 Å². The van der Waals surface area contributed by atoms with Crippen LogP contribution in [0.1, 0.15) is 66.6 Å². The number of hydrogen-bond donors (Lipinski definition) is 1. The Morgan fingerprint density at radius 3 is 2.10 bits per heavy atom. The van der Waals surface area contributed by atoms with Gasteiger partial charge in [0.25, 0.3) is 5.91 Å². The Balaban J connectivity index is 1.71. The van der Waals surface area contributed by atoms with Gasteiger partial charge >= 0.3 is 0 Å². The Labute approximate surface area is 179 Å². The van der Waals surface area contributed by atoms with Crippen LogP contribution in [0.25, 0.3) is 0 Å². The quantitative estimate of drug-likeness (QED) is 0.789. The zero-order chi connectivity index (χ0) is 22.3. The monoisotopic (exact) mass is 432 g/mol. The summed E-state index contributed by atoms with van der Waals surface area (Å²) < 4.78 is 33.6. The molecule has 1 aromatic carbocycles. The van der Waals surface area contributed by atoms with Gasteiger partial charge in [0.2, 0.25) is 10.0 Å². The summed E-state index contributed by atoms with van der Waals surface area (Å²) in [4.78, 5) is 12.7. The van der Waals surface area contributed by atoms with Gasteiger partial charge in [0.1, 0.15) is 5.76 Å². The molecule has 0 bridgehead atoms. The van der Waals surface area contributed by atoms with E-state index in [0.29, 0.717) is 36.6 Å².